The predicted octanol–water partition coefficient (Wildman–Crippen LogP) is 0.585. The molecule has 1 aromatic carbocycles. The molecule has 0 saturated heterocycles. The van der Waals surface area contributed by atoms with Crippen molar-refractivity contribution in [2.75, 3.05) is 31.2 Å². The van der Waals surface area contributed by atoms with E-state index in [4.69, 9.17) is 15.6 Å². The minimum Gasteiger partial charge on any atom is -0.492 e. The second-order valence-electron chi connectivity index (χ2n) is 5.38. The van der Waals surface area contributed by atoms with Crippen LogP contribution in [0.5, 0.6) is 5.75 Å². The van der Waals surface area contributed by atoms with Crippen molar-refractivity contribution in [2.24, 2.45) is 5.41 Å². The van der Waals surface area contributed by atoms with Crippen LogP contribution in [0, 0.1) is 5.41 Å². The lowest BCUT2D eigenvalue weighted by atomic mass is 9.96. The first-order valence-corrected chi connectivity index (χ1v) is 7.96. The fourth-order valence-corrected chi connectivity index (χ4v) is 2.32. The van der Waals surface area contributed by atoms with Crippen molar-refractivity contribution in [3.63, 3.8) is 0 Å². The summed E-state index contributed by atoms with van der Waals surface area (Å²) in [5.41, 5.74) is 5.68. The number of nitrogens with one attached hydrogen (secondary N) is 1. The average molecular weight is 302 g/mol. The summed E-state index contributed by atoms with van der Waals surface area (Å²) in [7, 11) is -3.41. The molecule has 0 bridgehead atoms. The molecular formula is C13H22N2O4S. The quantitative estimate of drug-likeness (QED) is 0.610. The minimum absolute atomic E-state index is 0.0544. The summed E-state index contributed by atoms with van der Waals surface area (Å²) in [5, 5.41) is 9.07. The molecular weight excluding hydrogens is 280 g/mol. The molecule has 7 heteroatoms. The van der Waals surface area contributed by atoms with Gasteiger partial charge in [0.2, 0.25) is 10.0 Å². The molecule has 20 heavy (non-hydrogen) atoms. The van der Waals surface area contributed by atoms with Crippen LogP contribution in [0.3, 0.4) is 0 Å². The number of aliphatic hydroxyl groups is 1. The van der Waals surface area contributed by atoms with Crippen molar-refractivity contribution in [2.45, 2.75) is 13.8 Å². The standard InChI is InChI=1S/C13H22N2O4S/c1-13(2,10-16)9-15-20(17,18)8-7-19-12-5-3-11(14)4-6-12/h3-6,15-16H,7-10,14H2,1-2H3. The first kappa shape index (κ1) is 16.7. The van der Waals surface area contributed by atoms with Crippen LogP contribution in [0.15, 0.2) is 24.3 Å². The maximum Gasteiger partial charge on any atom is 0.214 e. The van der Waals surface area contributed by atoms with Crippen LogP contribution in [0.25, 0.3) is 0 Å². The Bertz CT molecular complexity index is 512. The van der Waals surface area contributed by atoms with E-state index in [0.29, 0.717) is 11.4 Å². The minimum atomic E-state index is -3.41. The van der Waals surface area contributed by atoms with Crippen LogP contribution < -0.4 is 15.2 Å². The normalized spacial score (nSPS) is 12.3. The molecule has 1 aromatic rings. The number of ether oxygens (including phenoxy) is 1. The highest BCUT2D eigenvalue weighted by atomic mass is 32.2. The van der Waals surface area contributed by atoms with E-state index < -0.39 is 15.4 Å². The van der Waals surface area contributed by atoms with Crippen LogP contribution in [0.1, 0.15) is 13.8 Å². The summed E-state index contributed by atoms with van der Waals surface area (Å²) in [5.74, 6) is 0.434. The second kappa shape index (κ2) is 6.92. The van der Waals surface area contributed by atoms with Crippen molar-refractivity contribution in [3.8, 4) is 5.75 Å². The van der Waals surface area contributed by atoms with E-state index in [1.165, 1.54) is 0 Å². The molecule has 1 rings (SSSR count). The molecule has 114 valence electrons. The van der Waals surface area contributed by atoms with Crippen molar-refractivity contribution < 1.29 is 18.3 Å². The summed E-state index contributed by atoms with van der Waals surface area (Å²) in [6.45, 7) is 3.71. The maximum atomic E-state index is 11.7. The van der Waals surface area contributed by atoms with Gasteiger partial charge in [0, 0.05) is 24.3 Å². The zero-order valence-corrected chi connectivity index (χ0v) is 12.6. The van der Waals surface area contributed by atoms with Crippen LogP contribution in [-0.4, -0.2) is 39.0 Å². The van der Waals surface area contributed by atoms with Crippen LogP contribution >= 0.6 is 0 Å². The van der Waals surface area contributed by atoms with E-state index in [-0.39, 0.29) is 25.5 Å². The smallest absolute Gasteiger partial charge is 0.214 e. The van der Waals surface area contributed by atoms with E-state index in [9.17, 15) is 8.42 Å². The van der Waals surface area contributed by atoms with E-state index in [0.717, 1.165) is 0 Å². The second-order valence-corrected chi connectivity index (χ2v) is 7.31. The fraction of sp³-hybridized carbons (Fsp3) is 0.538. The van der Waals surface area contributed by atoms with Gasteiger partial charge in [-0.15, -0.1) is 0 Å². The van der Waals surface area contributed by atoms with E-state index >= 15 is 0 Å². The Morgan fingerprint density at radius 2 is 1.90 bits per heavy atom. The Kier molecular flexibility index (Phi) is 5.79. The molecule has 0 spiro atoms. The molecule has 0 radical (unpaired) electrons. The monoisotopic (exact) mass is 302 g/mol. The third kappa shape index (κ3) is 6.23. The Hall–Kier alpha value is -1.31. The van der Waals surface area contributed by atoms with Gasteiger partial charge in [-0.1, -0.05) is 13.8 Å². The van der Waals surface area contributed by atoms with E-state index in [1.54, 1.807) is 38.1 Å². The number of sulfonamides is 1. The number of nitrogens with two attached hydrogens (primary N) is 1. The van der Waals surface area contributed by atoms with Gasteiger partial charge in [0.1, 0.15) is 12.4 Å². The SMILES string of the molecule is CC(C)(CO)CNS(=O)(=O)CCOc1ccc(N)cc1. The number of nitrogen functional groups attached to an aromatic ring is 1. The van der Waals surface area contributed by atoms with Crippen molar-refractivity contribution in [1.82, 2.24) is 4.72 Å². The number of rotatable bonds is 8. The number of benzene rings is 1. The van der Waals surface area contributed by atoms with Gasteiger partial charge in [-0.05, 0) is 24.3 Å². The van der Waals surface area contributed by atoms with Crippen LogP contribution in [0.4, 0.5) is 5.69 Å². The van der Waals surface area contributed by atoms with Gasteiger partial charge in [0.05, 0.1) is 5.75 Å². The highest BCUT2D eigenvalue weighted by Gasteiger charge is 2.20. The largest absolute Gasteiger partial charge is 0.492 e. The molecule has 4 N–H and O–H groups in total. The molecule has 0 amide bonds. The van der Waals surface area contributed by atoms with Gasteiger partial charge in [0.25, 0.3) is 0 Å². The van der Waals surface area contributed by atoms with Crippen molar-refractivity contribution in [1.29, 1.82) is 0 Å². The van der Waals surface area contributed by atoms with Gasteiger partial charge in [0.15, 0.2) is 0 Å². The Morgan fingerprint density at radius 3 is 2.45 bits per heavy atom. The predicted molar refractivity (Wildman–Crippen MR) is 79.0 cm³/mol. The molecule has 0 fully saturated rings. The maximum absolute atomic E-state index is 11.7. The molecule has 0 heterocycles. The summed E-state index contributed by atoms with van der Waals surface area (Å²) < 4.78 is 31.3. The Balaban J connectivity index is 2.38. The number of hydrogen-bond donors (Lipinski definition) is 3. The summed E-state index contributed by atoms with van der Waals surface area (Å²) in [6, 6.07) is 6.74. The zero-order valence-electron chi connectivity index (χ0n) is 11.8. The molecule has 0 unspecified atom stereocenters. The third-order valence-electron chi connectivity index (χ3n) is 2.70. The van der Waals surface area contributed by atoms with E-state index in [1.807, 2.05) is 0 Å². The highest BCUT2D eigenvalue weighted by Crippen LogP contribution is 2.13. The lowest BCUT2D eigenvalue weighted by Crippen LogP contribution is -2.38. The molecule has 0 atom stereocenters. The highest BCUT2D eigenvalue weighted by molar-refractivity contribution is 7.89. The summed E-state index contributed by atoms with van der Waals surface area (Å²) in [4.78, 5) is 0. The molecule has 0 aliphatic heterocycles. The molecule has 0 aliphatic carbocycles. The van der Waals surface area contributed by atoms with Crippen molar-refractivity contribution >= 4 is 15.7 Å². The first-order valence-electron chi connectivity index (χ1n) is 6.31. The first-order chi connectivity index (χ1) is 9.24. The van der Waals surface area contributed by atoms with Gasteiger partial charge in [-0.3, -0.25) is 0 Å². The fourth-order valence-electron chi connectivity index (χ4n) is 1.27. The summed E-state index contributed by atoms with van der Waals surface area (Å²) in [6.07, 6.45) is 0. The van der Waals surface area contributed by atoms with Gasteiger partial charge in [-0.25, -0.2) is 13.1 Å². The van der Waals surface area contributed by atoms with Gasteiger partial charge >= 0.3 is 0 Å². The molecule has 6 nitrogen and oxygen atoms in total. The molecule has 0 aliphatic rings. The Labute approximate surface area is 120 Å². The van der Waals surface area contributed by atoms with Crippen LogP contribution in [0.2, 0.25) is 0 Å². The molecule has 0 aromatic heterocycles. The lowest BCUT2D eigenvalue weighted by Gasteiger charge is -2.21. The van der Waals surface area contributed by atoms with Gasteiger partial charge in [-0.2, -0.15) is 0 Å². The van der Waals surface area contributed by atoms with Gasteiger partial charge < -0.3 is 15.6 Å². The number of aliphatic hydroxyl groups excluding tert-OH is 1. The van der Waals surface area contributed by atoms with Crippen LogP contribution in [-0.2, 0) is 10.0 Å². The zero-order chi connectivity index (χ0) is 15.2. The number of hydrogen-bond acceptors (Lipinski definition) is 5. The topological polar surface area (TPSA) is 102 Å². The number of anilines is 1. The van der Waals surface area contributed by atoms with Crippen molar-refractivity contribution in [3.05, 3.63) is 24.3 Å². The Morgan fingerprint density at radius 1 is 1.30 bits per heavy atom. The van der Waals surface area contributed by atoms with E-state index in [2.05, 4.69) is 4.72 Å². The average Bonchev–Trinajstić information content (AvgIpc) is 2.39. The lowest BCUT2D eigenvalue weighted by molar-refractivity contribution is 0.163. The third-order valence-corrected chi connectivity index (χ3v) is 3.99. The molecule has 0 saturated carbocycles. The summed E-state index contributed by atoms with van der Waals surface area (Å²) >= 11 is 0.